The van der Waals surface area contributed by atoms with Crippen LogP contribution in [0.4, 0.5) is 4.39 Å². The summed E-state index contributed by atoms with van der Waals surface area (Å²) in [6.45, 7) is 0.812. The summed E-state index contributed by atoms with van der Waals surface area (Å²) in [6, 6.07) is 0. The molecule has 0 aliphatic carbocycles. The molecule has 0 aromatic carbocycles. The summed E-state index contributed by atoms with van der Waals surface area (Å²) in [6.07, 6.45) is 0. The molecule has 0 aliphatic rings. The molecule has 0 amide bonds. The van der Waals surface area contributed by atoms with Crippen LogP contribution in [0.3, 0.4) is 0 Å². The molecule has 6 heavy (non-hydrogen) atoms. The van der Waals surface area contributed by atoms with Crippen molar-refractivity contribution in [3.63, 3.8) is 0 Å². The summed E-state index contributed by atoms with van der Waals surface area (Å²) in [5, 5.41) is 9.62. The quantitative estimate of drug-likeness (QED) is 0.483. The van der Waals surface area contributed by atoms with Crippen LogP contribution in [0.2, 0.25) is 0 Å². The van der Waals surface area contributed by atoms with E-state index in [4.69, 9.17) is 0 Å². The lowest BCUT2D eigenvalue weighted by atomic mass is 10.2. The first-order valence-electron chi connectivity index (χ1n) is 1.95. The molecule has 0 spiro atoms. The van der Waals surface area contributed by atoms with Gasteiger partial charge in [-0.2, -0.15) is 0 Å². The third-order valence-corrected chi connectivity index (χ3v) is 0.548. The van der Waals surface area contributed by atoms with E-state index in [0.717, 1.165) is 0 Å². The lowest BCUT2D eigenvalue weighted by Gasteiger charge is -1.93. The Bertz CT molecular complexity index is 26.7. The molecule has 0 bridgehead atoms. The molecule has 1 unspecified atom stereocenters. The Labute approximate surface area is 36.8 Å². The fraction of sp³-hybridized carbons (Fsp3) is 1.00. The molecular formula is C4H8FO. The zero-order valence-electron chi connectivity index (χ0n) is 3.78. The molecule has 0 aromatic rings. The van der Waals surface area contributed by atoms with Gasteiger partial charge in [0.15, 0.2) is 0 Å². The second-order valence-electron chi connectivity index (χ2n) is 1.43. The Morgan fingerprint density at radius 2 is 2.33 bits per heavy atom. The van der Waals surface area contributed by atoms with E-state index in [9.17, 15) is 9.50 Å². The van der Waals surface area contributed by atoms with Crippen LogP contribution in [0, 0.1) is 5.92 Å². The highest BCUT2D eigenvalue weighted by Crippen LogP contribution is 1.90. The summed E-state index contributed by atoms with van der Waals surface area (Å²) in [5.74, 6) is -0.287. The summed E-state index contributed by atoms with van der Waals surface area (Å²) in [5.41, 5.74) is 0. The van der Waals surface area contributed by atoms with E-state index in [1.807, 2.05) is 0 Å². The molecule has 0 saturated carbocycles. The molecule has 0 heterocycles. The van der Waals surface area contributed by atoms with Crippen LogP contribution in [0.5, 0.6) is 0 Å². The van der Waals surface area contributed by atoms with E-state index in [-0.39, 0.29) is 12.5 Å². The largest absolute Gasteiger partial charge is 0.251 e. The van der Waals surface area contributed by atoms with Gasteiger partial charge in [-0.15, -0.1) is 0 Å². The van der Waals surface area contributed by atoms with Gasteiger partial charge in [0.2, 0.25) is 0 Å². The van der Waals surface area contributed by atoms with Crippen molar-refractivity contribution in [1.82, 2.24) is 0 Å². The third-order valence-electron chi connectivity index (χ3n) is 0.548. The van der Waals surface area contributed by atoms with Gasteiger partial charge in [0.05, 0.1) is 13.3 Å². The van der Waals surface area contributed by atoms with E-state index in [0.29, 0.717) is 0 Å². The predicted octanol–water partition coefficient (Wildman–Crippen LogP) is 1.02. The van der Waals surface area contributed by atoms with Crippen molar-refractivity contribution in [1.29, 1.82) is 0 Å². The van der Waals surface area contributed by atoms with Crippen molar-refractivity contribution in [3.05, 3.63) is 0 Å². The van der Waals surface area contributed by atoms with E-state index >= 15 is 0 Å². The van der Waals surface area contributed by atoms with Crippen LogP contribution in [-0.2, 0) is 5.11 Å². The Balaban J connectivity index is 2.75. The predicted molar refractivity (Wildman–Crippen MR) is 20.7 cm³/mol. The fourth-order valence-corrected chi connectivity index (χ4v) is 0.0445. The van der Waals surface area contributed by atoms with Crippen molar-refractivity contribution in [3.8, 4) is 0 Å². The molecule has 0 rings (SSSR count). The number of hydrogen-bond donors (Lipinski definition) is 0. The minimum atomic E-state index is -0.483. The van der Waals surface area contributed by atoms with Crippen molar-refractivity contribution >= 4 is 0 Å². The molecule has 2 heteroatoms. The standard InChI is InChI=1S/C4H8FO/c1-4(2-5)3-6/h4H,2-3H2,1H3. The molecule has 0 saturated heterocycles. The van der Waals surface area contributed by atoms with Gasteiger partial charge in [0.25, 0.3) is 0 Å². The van der Waals surface area contributed by atoms with E-state index in [1.165, 1.54) is 0 Å². The van der Waals surface area contributed by atoms with E-state index in [2.05, 4.69) is 0 Å². The van der Waals surface area contributed by atoms with Crippen LogP contribution < -0.4 is 0 Å². The van der Waals surface area contributed by atoms with E-state index < -0.39 is 6.67 Å². The molecule has 0 N–H and O–H groups in total. The first-order valence-corrected chi connectivity index (χ1v) is 1.95. The average molecular weight is 91.1 g/mol. The summed E-state index contributed by atoms with van der Waals surface area (Å²) in [4.78, 5) is 0. The Morgan fingerprint density at radius 3 is 2.33 bits per heavy atom. The average Bonchev–Trinajstić information content (AvgIpc) is 1.65. The van der Waals surface area contributed by atoms with Crippen LogP contribution in [0.25, 0.3) is 0 Å². The van der Waals surface area contributed by atoms with Gasteiger partial charge in [-0.05, 0) is 0 Å². The van der Waals surface area contributed by atoms with Crippen molar-refractivity contribution in [2.75, 3.05) is 13.3 Å². The lowest BCUT2D eigenvalue weighted by molar-refractivity contribution is 0.136. The second-order valence-corrected chi connectivity index (χ2v) is 1.43. The summed E-state index contributed by atoms with van der Waals surface area (Å²) in [7, 11) is 0. The van der Waals surface area contributed by atoms with Crippen LogP contribution in [0.1, 0.15) is 6.92 Å². The second kappa shape index (κ2) is 3.09. The summed E-state index contributed by atoms with van der Waals surface area (Å²) < 4.78 is 11.2. The Morgan fingerprint density at radius 1 is 1.83 bits per heavy atom. The van der Waals surface area contributed by atoms with Crippen molar-refractivity contribution in [2.45, 2.75) is 6.92 Å². The number of halogens is 1. The summed E-state index contributed by atoms with van der Waals surface area (Å²) >= 11 is 0. The SMILES string of the molecule is CC(C[O])CF. The van der Waals surface area contributed by atoms with Gasteiger partial charge in [-0.3, -0.25) is 4.39 Å². The molecule has 0 aromatic heterocycles. The zero-order valence-corrected chi connectivity index (χ0v) is 3.78. The first kappa shape index (κ1) is 5.89. The van der Waals surface area contributed by atoms with Crippen LogP contribution in [0.15, 0.2) is 0 Å². The molecule has 1 nitrogen and oxygen atoms in total. The van der Waals surface area contributed by atoms with Gasteiger partial charge in [0.1, 0.15) is 0 Å². The highest BCUT2D eigenvalue weighted by atomic mass is 19.1. The number of alkyl halides is 1. The van der Waals surface area contributed by atoms with Crippen molar-refractivity contribution < 1.29 is 9.50 Å². The highest BCUT2D eigenvalue weighted by molar-refractivity contribution is 4.41. The molecule has 37 valence electrons. The van der Waals surface area contributed by atoms with Crippen LogP contribution >= 0.6 is 0 Å². The van der Waals surface area contributed by atoms with Gasteiger partial charge >= 0.3 is 0 Å². The van der Waals surface area contributed by atoms with E-state index in [1.54, 1.807) is 6.92 Å². The lowest BCUT2D eigenvalue weighted by Crippen LogP contribution is -1.99. The Kier molecular flexibility index (Phi) is 3.04. The maximum Gasteiger partial charge on any atom is 0.0943 e. The number of rotatable bonds is 2. The fourth-order valence-electron chi connectivity index (χ4n) is 0.0445. The molecular weight excluding hydrogens is 83.0 g/mol. The Hall–Kier alpha value is -0.110. The smallest absolute Gasteiger partial charge is 0.0943 e. The topological polar surface area (TPSA) is 19.9 Å². The molecule has 1 radical (unpaired) electrons. The minimum Gasteiger partial charge on any atom is -0.251 e. The third kappa shape index (κ3) is 2.15. The molecule has 0 fully saturated rings. The maximum absolute atomic E-state index is 11.2. The monoisotopic (exact) mass is 91.1 g/mol. The van der Waals surface area contributed by atoms with Gasteiger partial charge < -0.3 is 0 Å². The maximum atomic E-state index is 11.2. The van der Waals surface area contributed by atoms with Gasteiger partial charge in [-0.1, -0.05) is 6.92 Å². The van der Waals surface area contributed by atoms with Gasteiger partial charge in [0, 0.05) is 5.92 Å². The zero-order chi connectivity index (χ0) is 4.99. The number of hydrogen-bond acceptors (Lipinski definition) is 0. The normalized spacial score (nSPS) is 14.5. The molecule has 1 atom stereocenters. The molecule has 0 aliphatic heterocycles. The first-order chi connectivity index (χ1) is 2.81. The van der Waals surface area contributed by atoms with Gasteiger partial charge in [-0.25, -0.2) is 5.11 Å². The highest BCUT2D eigenvalue weighted by Gasteiger charge is 1.95. The van der Waals surface area contributed by atoms with Crippen molar-refractivity contribution in [2.24, 2.45) is 5.92 Å². The minimum absolute atomic E-state index is 0.287. The van der Waals surface area contributed by atoms with Crippen LogP contribution in [-0.4, -0.2) is 13.3 Å².